The summed E-state index contributed by atoms with van der Waals surface area (Å²) in [6, 6.07) is -0.963. The second-order valence-electron chi connectivity index (χ2n) is 5.36. The molecule has 0 heterocycles. The van der Waals surface area contributed by atoms with E-state index in [4.69, 9.17) is 9.84 Å². The number of nitrogens with one attached hydrogen (secondary N) is 1. The average Bonchev–Trinajstić information content (AvgIpc) is 3.11. The Morgan fingerprint density at radius 3 is 2.53 bits per heavy atom. The molecular weight excluding hydrogens is 246 g/mol. The van der Waals surface area contributed by atoms with Gasteiger partial charge in [-0.25, -0.2) is 4.79 Å². The van der Waals surface area contributed by atoms with E-state index in [1.807, 2.05) is 0 Å². The SMILES string of the molecule is C=CCOCC(NC(=O)C1C2CCCCC21)C(=O)O. The van der Waals surface area contributed by atoms with Crippen molar-refractivity contribution in [3.8, 4) is 0 Å². The van der Waals surface area contributed by atoms with Crippen molar-refractivity contribution in [1.82, 2.24) is 5.32 Å². The minimum absolute atomic E-state index is 0.0187. The van der Waals surface area contributed by atoms with E-state index in [2.05, 4.69) is 11.9 Å². The van der Waals surface area contributed by atoms with E-state index in [0.29, 0.717) is 11.8 Å². The molecule has 0 aromatic rings. The quantitative estimate of drug-likeness (QED) is 0.537. The van der Waals surface area contributed by atoms with Gasteiger partial charge in [0.15, 0.2) is 6.04 Å². The highest BCUT2D eigenvalue weighted by molar-refractivity contribution is 5.87. The maximum Gasteiger partial charge on any atom is 0.328 e. The number of amides is 1. The van der Waals surface area contributed by atoms with Crippen LogP contribution in [-0.2, 0) is 14.3 Å². The van der Waals surface area contributed by atoms with Crippen molar-refractivity contribution in [3.63, 3.8) is 0 Å². The zero-order valence-electron chi connectivity index (χ0n) is 11.0. The first-order valence-corrected chi connectivity index (χ1v) is 6.87. The van der Waals surface area contributed by atoms with Gasteiger partial charge in [-0.1, -0.05) is 18.9 Å². The van der Waals surface area contributed by atoms with Crippen LogP contribution in [0.1, 0.15) is 25.7 Å². The van der Waals surface area contributed by atoms with Crippen molar-refractivity contribution in [2.24, 2.45) is 17.8 Å². The van der Waals surface area contributed by atoms with Gasteiger partial charge in [0.1, 0.15) is 0 Å². The van der Waals surface area contributed by atoms with E-state index in [-0.39, 0.29) is 25.0 Å². The molecule has 2 aliphatic rings. The lowest BCUT2D eigenvalue weighted by Gasteiger charge is -2.14. The molecule has 0 radical (unpaired) electrons. The first-order valence-electron chi connectivity index (χ1n) is 6.87. The summed E-state index contributed by atoms with van der Waals surface area (Å²) in [7, 11) is 0. The molecule has 0 saturated heterocycles. The van der Waals surface area contributed by atoms with Crippen molar-refractivity contribution >= 4 is 11.9 Å². The molecule has 106 valence electrons. The summed E-state index contributed by atoms with van der Waals surface area (Å²) >= 11 is 0. The number of carbonyl (C=O) groups excluding carboxylic acids is 1. The van der Waals surface area contributed by atoms with E-state index in [1.165, 1.54) is 12.8 Å². The van der Waals surface area contributed by atoms with E-state index in [9.17, 15) is 9.59 Å². The Hall–Kier alpha value is -1.36. The maximum atomic E-state index is 12.1. The first kappa shape index (κ1) is 14.1. The lowest BCUT2D eigenvalue weighted by Crippen LogP contribution is -2.45. The van der Waals surface area contributed by atoms with Crippen LogP contribution in [0.5, 0.6) is 0 Å². The predicted octanol–water partition coefficient (Wildman–Crippen LogP) is 1.19. The molecular formula is C14H21NO4. The summed E-state index contributed by atoms with van der Waals surface area (Å²) in [4.78, 5) is 23.1. The highest BCUT2D eigenvalue weighted by Gasteiger charge is 2.55. The number of carbonyl (C=O) groups is 2. The van der Waals surface area contributed by atoms with Gasteiger partial charge in [-0.15, -0.1) is 6.58 Å². The number of carboxylic acids is 1. The molecule has 3 unspecified atom stereocenters. The molecule has 19 heavy (non-hydrogen) atoms. The highest BCUT2D eigenvalue weighted by atomic mass is 16.5. The maximum absolute atomic E-state index is 12.1. The van der Waals surface area contributed by atoms with Gasteiger partial charge >= 0.3 is 5.97 Å². The summed E-state index contributed by atoms with van der Waals surface area (Å²) in [5.41, 5.74) is 0. The molecule has 1 amide bonds. The van der Waals surface area contributed by atoms with E-state index in [0.717, 1.165) is 12.8 Å². The number of ether oxygens (including phenoxy) is 1. The van der Waals surface area contributed by atoms with Crippen molar-refractivity contribution in [2.45, 2.75) is 31.7 Å². The van der Waals surface area contributed by atoms with Crippen molar-refractivity contribution in [3.05, 3.63) is 12.7 Å². The summed E-state index contributed by atoms with van der Waals surface area (Å²) in [5, 5.41) is 11.7. The van der Waals surface area contributed by atoms with E-state index in [1.54, 1.807) is 6.08 Å². The molecule has 0 spiro atoms. The second kappa shape index (κ2) is 6.19. The Balaban J connectivity index is 1.81. The predicted molar refractivity (Wildman–Crippen MR) is 69.5 cm³/mol. The highest BCUT2D eigenvalue weighted by Crippen LogP contribution is 2.55. The van der Waals surface area contributed by atoms with Gasteiger partial charge in [0.05, 0.1) is 13.2 Å². The van der Waals surface area contributed by atoms with E-state index < -0.39 is 12.0 Å². The zero-order chi connectivity index (χ0) is 13.8. The lowest BCUT2D eigenvalue weighted by atomic mass is 10.0. The number of hydrogen-bond donors (Lipinski definition) is 2. The van der Waals surface area contributed by atoms with Gasteiger partial charge in [-0.3, -0.25) is 4.79 Å². The van der Waals surface area contributed by atoms with Gasteiger partial charge in [0.2, 0.25) is 5.91 Å². The molecule has 0 aliphatic heterocycles. The fourth-order valence-electron chi connectivity index (χ4n) is 3.09. The van der Waals surface area contributed by atoms with Crippen LogP contribution in [0, 0.1) is 17.8 Å². The van der Waals surface area contributed by atoms with Gasteiger partial charge in [0, 0.05) is 5.92 Å². The Morgan fingerprint density at radius 2 is 2.00 bits per heavy atom. The normalized spacial score (nSPS) is 30.0. The van der Waals surface area contributed by atoms with Crippen LogP contribution >= 0.6 is 0 Å². The van der Waals surface area contributed by atoms with Crippen LogP contribution in [0.15, 0.2) is 12.7 Å². The molecule has 0 bridgehead atoms. The molecule has 2 aliphatic carbocycles. The van der Waals surface area contributed by atoms with Gasteiger partial charge in [-0.2, -0.15) is 0 Å². The molecule has 2 saturated carbocycles. The topological polar surface area (TPSA) is 75.6 Å². The smallest absolute Gasteiger partial charge is 0.328 e. The third kappa shape index (κ3) is 3.35. The Kier molecular flexibility index (Phi) is 4.58. The average molecular weight is 267 g/mol. The summed E-state index contributed by atoms with van der Waals surface area (Å²) in [6.45, 7) is 3.76. The lowest BCUT2D eigenvalue weighted by molar-refractivity contribution is -0.143. The number of fused-ring (bicyclic) bond motifs is 1. The van der Waals surface area contributed by atoms with Crippen LogP contribution in [0.3, 0.4) is 0 Å². The van der Waals surface area contributed by atoms with Crippen LogP contribution in [0.2, 0.25) is 0 Å². The van der Waals surface area contributed by atoms with Crippen LogP contribution in [0.25, 0.3) is 0 Å². The Labute approximate surface area is 113 Å². The molecule has 2 rings (SSSR count). The Morgan fingerprint density at radius 1 is 1.37 bits per heavy atom. The number of hydrogen-bond acceptors (Lipinski definition) is 3. The fourth-order valence-corrected chi connectivity index (χ4v) is 3.09. The van der Waals surface area contributed by atoms with Crippen molar-refractivity contribution in [2.75, 3.05) is 13.2 Å². The Bertz CT molecular complexity index is 356. The zero-order valence-corrected chi connectivity index (χ0v) is 11.0. The summed E-state index contributed by atoms with van der Waals surface area (Å²) in [5.74, 6) is -0.175. The van der Waals surface area contributed by atoms with Crippen LogP contribution in [0.4, 0.5) is 0 Å². The summed E-state index contributed by atoms with van der Waals surface area (Å²) in [6.07, 6.45) is 6.14. The third-order valence-corrected chi connectivity index (χ3v) is 4.09. The van der Waals surface area contributed by atoms with Crippen LogP contribution < -0.4 is 5.32 Å². The number of aliphatic carboxylic acids is 1. The molecule has 2 N–H and O–H groups in total. The van der Waals surface area contributed by atoms with Crippen molar-refractivity contribution in [1.29, 1.82) is 0 Å². The largest absolute Gasteiger partial charge is 0.480 e. The monoisotopic (exact) mass is 267 g/mol. The molecule has 5 heteroatoms. The van der Waals surface area contributed by atoms with Crippen molar-refractivity contribution < 1.29 is 19.4 Å². The standard InChI is InChI=1S/C14H21NO4/c1-2-7-19-8-11(14(17)18)15-13(16)12-9-5-3-4-6-10(9)12/h2,9-12H,1,3-8H2,(H,15,16)(H,17,18). The van der Waals surface area contributed by atoms with E-state index >= 15 is 0 Å². The molecule has 3 atom stereocenters. The second-order valence-corrected chi connectivity index (χ2v) is 5.36. The first-order chi connectivity index (χ1) is 9.15. The number of carboxylic acid groups (broad SMARTS) is 1. The molecule has 0 aromatic carbocycles. The fraction of sp³-hybridized carbons (Fsp3) is 0.714. The minimum atomic E-state index is -1.05. The van der Waals surface area contributed by atoms with Gasteiger partial charge < -0.3 is 15.2 Å². The van der Waals surface area contributed by atoms with Crippen LogP contribution in [-0.4, -0.2) is 36.2 Å². The van der Waals surface area contributed by atoms with Gasteiger partial charge in [0.25, 0.3) is 0 Å². The third-order valence-electron chi connectivity index (χ3n) is 4.09. The number of rotatable bonds is 7. The molecule has 5 nitrogen and oxygen atoms in total. The van der Waals surface area contributed by atoms with Gasteiger partial charge in [-0.05, 0) is 24.7 Å². The summed E-state index contributed by atoms with van der Waals surface area (Å²) < 4.78 is 5.11. The molecule has 0 aromatic heterocycles. The minimum Gasteiger partial charge on any atom is -0.480 e. The molecule has 2 fully saturated rings.